The average Bonchev–Trinajstić information content (AvgIpc) is 2.56. The van der Waals surface area contributed by atoms with Gasteiger partial charge >= 0.3 is 0 Å². The van der Waals surface area contributed by atoms with Crippen LogP contribution in [0.25, 0.3) is 0 Å². The fraction of sp³-hybridized carbons (Fsp3) is 0.737. The molecule has 1 rings (SSSR count). The van der Waals surface area contributed by atoms with Crippen LogP contribution in [0.4, 0.5) is 0 Å². The zero-order valence-electron chi connectivity index (χ0n) is 14.1. The predicted octanol–water partition coefficient (Wildman–Crippen LogP) is 4.75. The van der Waals surface area contributed by atoms with Gasteiger partial charge in [-0.3, -0.25) is 4.98 Å². The molecule has 0 bridgehead atoms. The van der Waals surface area contributed by atoms with Crippen molar-refractivity contribution in [3.05, 3.63) is 30.1 Å². The molecule has 3 nitrogen and oxygen atoms in total. The Kier molecular flexibility index (Phi) is 11.9. The van der Waals surface area contributed by atoms with Gasteiger partial charge in [-0.1, -0.05) is 70.3 Å². The van der Waals surface area contributed by atoms with Gasteiger partial charge in [0, 0.05) is 12.4 Å². The van der Waals surface area contributed by atoms with Gasteiger partial charge in [-0.15, -0.1) is 0 Å². The van der Waals surface area contributed by atoms with Crippen molar-refractivity contribution < 1.29 is 5.11 Å². The van der Waals surface area contributed by atoms with E-state index in [-0.39, 0.29) is 6.10 Å². The van der Waals surface area contributed by atoms with Crippen molar-refractivity contribution in [2.75, 3.05) is 6.54 Å². The molecular formula is C19H34N2O. The zero-order valence-corrected chi connectivity index (χ0v) is 14.1. The Hall–Kier alpha value is -0.930. The molecule has 0 aliphatic heterocycles. The van der Waals surface area contributed by atoms with E-state index in [1.807, 2.05) is 12.1 Å². The molecule has 1 unspecified atom stereocenters. The maximum absolute atomic E-state index is 10.0. The lowest BCUT2D eigenvalue weighted by Crippen LogP contribution is -1.97. The van der Waals surface area contributed by atoms with Crippen LogP contribution in [0.3, 0.4) is 0 Å². The molecule has 22 heavy (non-hydrogen) atoms. The minimum absolute atomic E-state index is 0.345. The van der Waals surface area contributed by atoms with E-state index in [1.54, 1.807) is 12.4 Å². The summed E-state index contributed by atoms with van der Waals surface area (Å²) in [6.07, 6.45) is 18.3. The number of nitrogens with zero attached hydrogens (tertiary/aromatic N) is 1. The van der Waals surface area contributed by atoms with E-state index in [2.05, 4.69) is 4.98 Å². The minimum Gasteiger partial charge on any atom is -0.388 e. The molecule has 3 N–H and O–H groups in total. The maximum Gasteiger partial charge on any atom is 0.0804 e. The molecule has 0 saturated carbocycles. The molecule has 1 heterocycles. The van der Waals surface area contributed by atoms with Crippen molar-refractivity contribution in [2.24, 2.45) is 5.73 Å². The SMILES string of the molecule is NCCCCCCCCCCCCCC(O)c1cccnc1. The molecule has 1 aromatic rings. The van der Waals surface area contributed by atoms with Crippen LogP contribution < -0.4 is 5.73 Å². The van der Waals surface area contributed by atoms with Crippen LogP contribution in [0.2, 0.25) is 0 Å². The van der Waals surface area contributed by atoms with Gasteiger partial charge in [-0.25, -0.2) is 0 Å². The lowest BCUT2D eigenvalue weighted by Gasteiger charge is -2.10. The van der Waals surface area contributed by atoms with Crippen LogP contribution in [0, 0.1) is 0 Å². The fourth-order valence-electron chi connectivity index (χ4n) is 2.81. The molecule has 0 aliphatic rings. The van der Waals surface area contributed by atoms with Gasteiger partial charge in [0.25, 0.3) is 0 Å². The lowest BCUT2D eigenvalue weighted by atomic mass is 10.0. The van der Waals surface area contributed by atoms with E-state index >= 15 is 0 Å². The number of aromatic nitrogens is 1. The summed E-state index contributed by atoms with van der Waals surface area (Å²) >= 11 is 0. The van der Waals surface area contributed by atoms with Gasteiger partial charge in [0.2, 0.25) is 0 Å². The highest BCUT2D eigenvalue weighted by molar-refractivity contribution is 5.11. The van der Waals surface area contributed by atoms with E-state index < -0.39 is 0 Å². The number of aliphatic hydroxyl groups is 1. The highest BCUT2D eigenvalue weighted by Gasteiger charge is 2.06. The van der Waals surface area contributed by atoms with Crippen LogP contribution in [0.1, 0.15) is 88.7 Å². The maximum atomic E-state index is 10.0. The summed E-state index contributed by atoms with van der Waals surface area (Å²) in [5, 5.41) is 10.0. The molecule has 1 atom stereocenters. The average molecular weight is 306 g/mol. The predicted molar refractivity (Wildman–Crippen MR) is 93.7 cm³/mol. The first-order chi connectivity index (χ1) is 10.8. The van der Waals surface area contributed by atoms with Gasteiger partial charge in [0.15, 0.2) is 0 Å². The largest absolute Gasteiger partial charge is 0.388 e. The van der Waals surface area contributed by atoms with Gasteiger partial charge in [0.05, 0.1) is 6.10 Å². The van der Waals surface area contributed by atoms with E-state index in [4.69, 9.17) is 5.73 Å². The van der Waals surface area contributed by atoms with E-state index in [0.29, 0.717) is 0 Å². The van der Waals surface area contributed by atoms with Crippen molar-refractivity contribution in [2.45, 2.75) is 83.2 Å². The van der Waals surface area contributed by atoms with E-state index in [1.165, 1.54) is 64.2 Å². The summed E-state index contributed by atoms with van der Waals surface area (Å²) in [5.41, 5.74) is 6.42. The molecule has 0 fully saturated rings. The summed E-state index contributed by atoms with van der Waals surface area (Å²) in [5.74, 6) is 0. The van der Waals surface area contributed by atoms with Gasteiger partial charge < -0.3 is 10.8 Å². The highest BCUT2D eigenvalue weighted by atomic mass is 16.3. The van der Waals surface area contributed by atoms with Crippen LogP contribution >= 0.6 is 0 Å². The summed E-state index contributed by atoms with van der Waals surface area (Å²) in [6, 6.07) is 3.83. The topological polar surface area (TPSA) is 59.1 Å². The first-order valence-corrected chi connectivity index (χ1v) is 9.12. The zero-order chi connectivity index (χ0) is 15.9. The van der Waals surface area contributed by atoms with Crippen LogP contribution in [0.15, 0.2) is 24.5 Å². The number of hydrogen-bond acceptors (Lipinski definition) is 3. The number of unbranched alkanes of at least 4 members (excludes halogenated alkanes) is 10. The molecule has 0 spiro atoms. The van der Waals surface area contributed by atoms with E-state index in [9.17, 15) is 5.11 Å². The van der Waals surface area contributed by atoms with Crippen LogP contribution in [-0.4, -0.2) is 16.6 Å². The van der Waals surface area contributed by atoms with Gasteiger partial charge in [-0.05, 0) is 31.0 Å². The number of hydrogen-bond donors (Lipinski definition) is 2. The van der Waals surface area contributed by atoms with Gasteiger partial charge in [-0.2, -0.15) is 0 Å². The van der Waals surface area contributed by atoms with Crippen LogP contribution in [0.5, 0.6) is 0 Å². The van der Waals surface area contributed by atoms with Crippen molar-refractivity contribution in [3.63, 3.8) is 0 Å². The number of rotatable bonds is 14. The third-order valence-corrected chi connectivity index (χ3v) is 4.25. The Morgan fingerprint density at radius 1 is 0.864 bits per heavy atom. The molecule has 3 heteroatoms. The molecule has 0 aromatic carbocycles. The number of pyridine rings is 1. The third-order valence-electron chi connectivity index (χ3n) is 4.25. The van der Waals surface area contributed by atoms with E-state index in [0.717, 1.165) is 24.9 Å². The first kappa shape index (κ1) is 19.1. The lowest BCUT2D eigenvalue weighted by molar-refractivity contribution is 0.163. The second-order valence-electron chi connectivity index (χ2n) is 6.27. The monoisotopic (exact) mass is 306 g/mol. The number of aliphatic hydroxyl groups excluding tert-OH is 1. The molecule has 0 aliphatic carbocycles. The Balaban J connectivity index is 1.84. The second kappa shape index (κ2) is 13.7. The normalized spacial score (nSPS) is 12.5. The first-order valence-electron chi connectivity index (χ1n) is 9.12. The van der Waals surface area contributed by atoms with Crippen molar-refractivity contribution in [1.82, 2.24) is 4.98 Å². The van der Waals surface area contributed by atoms with Crippen molar-refractivity contribution in [3.8, 4) is 0 Å². The minimum atomic E-state index is -0.345. The molecule has 0 amide bonds. The molecule has 126 valence electrons. The number of nitrogens with two attached hydrogens (primary N) is 1. The third kappa shape index (κ3) is 9.91. The van der Waals surface area contributed by atoms with Crippen molar-refractivity contribution >= 4 is 0 Å². The highest BCUT2D eigenvalue weighted by Crippen LogP contribution is 2.19. The summed E-state index contributed by atoms with van der Waals surface area (Å²) < 4.78 is 0. The summed E-state index contributed by atoms with van der Waals surface area (Å²) in [4.78, 5) is 4.05. The Morgan fingerprint density at radius 2 is 1.41 bits per heavy atom. The fourth-order valence-corrected chi connectivity index (χ4v) is 2.81. The Morgan fingerprint density at radius 3 is 1.91 bits per heavy atom. The van der Waals surface area contributed by atoms with Gasteiger partial charge in [0.1, 0.15) is 0 Å². The van der Waals surface area contributed by atoms with Crippen molar-refractivity contribution in [1.29, 1.82) is 0 Å². The second-order valence-corrected chi connectivity index (χ2v) is 6.27. The van der Waals surface area contributed by atoms with Crippen LogP contribution in [-0.2, 0) is 0 Å². The molecule has 0 saturated heterocycles. The Bertz CT molecular complexity index is 343. The molecule has 0 radical (unpaired) electrons. The Labute approximate surface area is 136 Å². The quantitative estimate of drug-likeness (QED) is 0.487. The summed E-state index contributed by atoms with van der Waals surface area (Å²) in [6.45, 7) is 0.843. The summed E-state index contributed by atoms with van der Waals surface area (Å²) in [7, 11) is 0. The molecular weight excluding hydrogens is 272 g/mol. The standard InChI is InChI=1S/C19H34N2O/c20-15-11-9-7-5-3-1-2-4-6-8-10-14-19(22)18-13-12-16-21-17-18/h12-13,16-17,19,22H,1-11,14-15,20H2. The molecule has 1 aromatic heterocycles. The smallest absolute Gasteiger partial charge is 0.0804 e.